The van der Waals surface area contributed by atoms with Crippen LogP contribution in [0.2, 0.25) is 5.02 Å². The second-order valence-corrected chi connectivity index (χ2v) is 6.05. The Bertz CT molecular complexity index is 666. The van der Waals surface area contributed by atoms with Gasteiger partial charge in [-0.1, -0.05) is 11.6 Å². The maximum atomic E-state index is 12.0. The summed E-state index contributed by atoms with van der Waals surface area (Å²) in [5, 5.41) is 26.7. The van der Waals surface area contributed by atoms with E-state index in [-0.39, 0.29) is 15.5 Å². The van der Waals surface area contributed by atoms with E-state index >= 15 is 0 Å². The van der Waals surface area contributed by atoms with Crippen LogP contribution in [0.25, 0.3) is 0 Å². The van der Waals surface area contributed by atoms with Gasteiger partial charge < -0.3 is 10.2 Å². The molecule has 0 aliphatic rings. The minimum absolute atomic E-state index is 0.0701. The van der Waals surface area contributed by atoms with Gasteiger partial charge in [0, 0.05) is 0 Å². The first-order chi connectivity index (χ1) is 9.19. The molecule has 1 aromatic carbocycles. The van der Waals surface area contributed by atoms with Crippen LogP contribution in [-0.4, -0.2) is 36.7 Å². The maximum Gasteiger partial charge on any atom is 0.324 e. The number of carbonyl (C=O) groups is 1. The molecule has 0 heterocycles. The first-order valence-corrected chi connectivity index (χ1v) is 7.18. The number of aliphatic hydroxyl groups excluding tert-OH is 1. The summed E-state index contributed by atoms with van der Waals surface area (Å²) in [5.74, 6) is -1.51. The number of hydrogen-bond acceptors (Lipinski definition) is 5. The lowest BCUT2D eigenvalue weighted by Crippen LogP contribution is -2.47. The summed E-state index contributed by atoms with van der Waals surface area (Å²) < 4.78 is 25.8. The number of aliphatic carboxylic acids is 1. The number of nitriles is 1. The van der Waals surface area contributed by atoms with Gasteiger partial charge in [0.05, 0.1) is 21.6 Å². The lowest BCUT2D eigenvalue weighted by molar-refractivity contribution is -0.141. The Morgan fingerprint density at radius 3 is 2.50 bits per heavy atom. The molecular weight excluding hydrogens is 308 g/mol. The molecule has 0 spiro atoms. The fraction of sp³-hybridized carbons (Fsp3) is 0.273. The van der Waals surface area contributed by atoms with Crippen molar-refractivity contribution in [2.75, 3.05) is 0 Å². The standard InChI is InChI=1S/C11H11ClN2O5S/c1-6(15)10(11(16)17)14-20(18,19)8-3-2-7(5-13)9(12)4-8/h2-4,6,10,14-15H,1H3,(H,16,17). The Balaban J connectivity index is 3.15. The van der Waals surface area contributed by atoms with E-state index in [2.05, 4.69) is 0 Å². The third-order valence-electron chi connectivity index (χ3n) is 2.40. The zero-order valence-electron chi connectivity index (χ0n) is 10.2. The van der Waals surface area contributed by atoms with E-state index in [4.69, 9.17) is 22.0 Å². The van der Waals surface area contributed by atoms with Crippen molar-refractivity contribution in [2.24, 2.45) is 0 Å². The molecule has 0 aromatic heterocycles. The SMILES string of the molecule is CC(O)C(NS(=O)(=O)c1ccc(C#N)c(Cl)c1)C(=O)O. The van der Waals surface area contributed by atoms with Crippen LogP contribution in [-0.2, 0) is 14.8 Å². The van der Waals surface area contributed by atoms with Gasteiger partial charge >= 0.3 is 5.97 Å². The van der Waals surface area contributed by atoms with Crippen LogP contribution in [0.3, 0.4) is 0 Å². The average Bonchev–Trinajstić information content (AvgIpc) is 2.35. The van der Waals surface area contributed by atoms with E-state index in [1.54, 1.807) is 6.07 Å². The van der Waals surface area contributed by atoms with Crippen LogP contribution in [0.1, 0.15) is 12.5 Å². The van der Waals surface area contributed by atoms with Crippen molar-refractivity contribution in [1.82, 2.24) is 4.72 Å². The minimum Gasteiger partial charge on any atom is -0.480 e. The number of sulfonamides is 1. The number of rotatable bonds is 5. The van der Waals surface area contributed by atoms with Crippen molar-refractivity contribution in [3.05, 3.63) is 28.8 Å². The molecule has 3 N–H and O–H groups in total. The summed E-state index contributed by atoms with van der Waals surface area (Å²) in [4.78, 5) is 10.6. The third kappa shape index (κ3) is 3.68. The molecule has 0 amide bonds. The van der Waals surface area contributed by atoms with E-state index in [0.29, 0.717) is 0 Å². The molecule has 0 aliphatic carbocycles. The first-order valence-electron chi connectivity index (χ1n) is 5.32. The van der Waals surface area contributed by atoms with E-state index < -0.39 is 28.1 Å². The summed E-state index contributed by atoms with van der Waals surface area (Å²) in [6, 6.07) is 3.44. The monoisotopic (exact) mass is 318 g/mol. The molecule has 0 saturated heterocycles. The van der Waals surface area contributed by atoms with Crippen LogP contribution in [0.5, 0.6) is 0 Å². The lowest BCUT2D eigenvalue weighted by Gasteiger charge is -2.17. The molecular formula is C11H11ClN2O5S. The van der Waals surface area contributed by atoms with Gasteiger partial charge in [-0.25, -0.2) is 8.42 Å². The zero-order valence-corrected chi connectivity index (χ0v) is 11.8. The number of nitrogens with one attached hydrogen (secondary N) is 1. The highest BCUT2D eigenvalue weighted by Gasteiger charge is 2.29. The van der Waals surface area contributed by atoms with Gasteiger partial charge in [0.25, 0.3) is 0 Å². The Morgan fingerprint density at radius 1 is 1.50 bits per heavy atom. The third-order valence-corrected chi connectivity index (χ3v) is 4.15. The van der Waals surface area contributed by atoms with Crippen molar-refractivity contribution in [1.29, 1.82) is 5.26 Å². The molecule has 9 heteroatoms. The predicted octanol–water partition coefficient (Wildman–Crippen LogP) is 0.324. The largest absolute Gasteiger partial charge is 0.480 e. The summed E-state index contributed by atoms with van der Waals surface area (Å²) in [5.41, 5.74) is 0.0935. The number of aliphatic hydroxyl groups is 1. The van der Waals surface area contributed by atoms with Gasteiger partial charge in [-0.2, -0.15) is 9.98 Å². The molecule has 1 aromatic rings. The molecule has 0 aliphatic heterocycles. The Kier molecular flexibility index (Phi) is 5.08. The second-order valence-electron chi connectivity index (χ2n) is 3.93. The zero-order chi connectivity index (χ0) is 15.5. The predicted molar refractivity (Wildman–Crippen MR) is 69.6 cm³/mol. The fourth-order valence-electron chi connectivity index (χ4n) is 1.34. The number of benzene rings is 1. The molecule has 0 radical (unpaired) electrons. The molecule has 0 fully saturated rings. The average molecular weight is 319 g/mol. The summed E-state index contributed by atoms with van der Waals surface area (Å²) in [6.45, 7) is 1.15. The summed E-state index contributed by atoms with van der Waals surface area (Å²) >= 11 is 5.72. The Morgan fingerprint density at radius 2 is 2.10 bits per heavy atom. The molecule has 20 heavy (non-hydrogen) atoms. The van der Waals surface area contributed by atoms with E-state index in [1.165, 1.54) is 6.07 Å². The number of halogens is 1. The van der Waals surface area contributed by atoms with Crippen molar-refractivity contribution in [3.63, 3.8) is 0 Å². The van der Waals surface area contributed by atoms with Gasteiger partial charge in [0.15, 0.2) is 0 Å². The van der Waals surface area contributed by atoms with Crippen LogP contribution >= 0.6 is 11.6 Å². The van der Waals surface area contributed by atoms with Crippen molar-refractivity contribution >= 4 is 27.6 Å². The molecule has 2 unspecified atom stereocenters. The number of carboxylic acid groups (broad SMARTS) is 1. The van der Waals surface area contributed by atoms with Gasteiger partial charge in [0.1, 0.15) is 12.1 Å². The normalized spacial score (nSPS) is 14.3. The molecule has 1 rings (SSSR count). The van der Waals surface area contributed by atoms with Crippen LogP contribution in [0, 0.1) is 11.3 Å². The van der Waals surface area contributed by atoms with Crippen molar-refractivity contribution < 1.29 is 23.4 Å². The first kappa shape index (κ1) is 16.4. The van der Waals surface area contributed by atoms with Gasteiger partial charge in [-0.15, -0.1) is 0 Å². The van der Waals surface area contributed by atoms with Gasteiger partial charge in [0.2, 0.25) is 10.0 Å². The Hall–Kier alpha value is -1.66. The highest BCUT2D eigenvalue weighted by Crippen LogP contribution is 2.20. The highest BCUT2D eigenvalue weighted by atomic mass is 35.5. The van der Waals surface area contributed by atoms with Crippen LogP contribution in [0.15, 0.2) is 23.1 Å². The number of hydrogen-bond donors (Lipinski definition) is 3. The van der Waals surface area contributed by atoms with Gasteiger partial charge in [-0.05, 0) is 25.1 Å². The van der Waals surface area contributed by atoms with E-state index in [9.17, 15) is 18.3 Å². The maximum absolute atomic E-state index is 12.0. The topological polar surface area (TPSA) is 127 Å². The van der Waals surface area contributed by atoms with E-state index in [1.807, 2.05) is 4.72 Å². The van der Waals surface area contributed by atoms with Crippen LogP contribution in [0.4, 0.5) is 0 Å². The summed E-state index contributed by atoms with van der Waals surface area (Å²) in [6.07, 6.45) is -1.42. The molecule has 7 nitrogen and oxygen atoms in total. The fourth-order valence-corrected chi connectivity index (χ4v) is 2.92. The highest BCUT2D eigenvalue weighted by molar-refractivity contribution is 7.89. The molecule has 0 bridgehead atoms. The van der Waals surface area contributed by atoms with Crippen molar-refractivity contribution in [2.45, 2.75) is 24.0 Å². The number of nitrogens with zero attached hydrogens (tertiary/aromatic N) is 1. The van der Waals surface area contributed by atoms with E-state index in [0.717, 1.165) is 19.1 Å². The Labute approximate surface area is 120 Å². The van der Waals surface area contributed by atoms with Gasteiger partial charge in [-0.3, -0.25) is 4.79 Å². The van der Waals surface area contributed by atoms with Crippen LogP contribution < -0.4 is 4.72 Å². The molecule has 108 valence electrons. The smallest absolute Gasteiger partial charge is 0.324 e. The second kappa shape index (κ2) is 6.19. The molecule has 2 atom stereocenters. The van der Waals surface area contributed by atoms with Crippen molar-refractivity contribution in [3.8, 4) is 6.07 Å². The quantitative estimate of drug-likeness (QED) is 0.717. The molecule has 0 saturated carbocycles. The number of carboxylic acids is 1. The summed E-state index contributed by atoms with van der Waals surface area (Å²) in [7, 11) is -4.18. The lowest BCUT2D eigenvalue weighted by atomic mass is 10.2. The minimum atomic E-state index is -4.18.